The molecule has 0 spiro atoms. The monoisotopic (exact) mass is 381 g/mol. The van der Waals surface area contributed by atoms with E-state index in [1.54, 1.807) is 12.3 Å². The van der Waals surface area contributed by atoms with Crippen LogP contribution in [0.25, 0.3) is 0 Å². The van der Waals surface area contributed by atoms with E-state index in [0.29, 0.717) is 25.4 Å². The quantitative estimate of drug-likeness (QED) is 0.449. The molecule has 0 atom stereocenters. The predicted octanol–water partition coefficient (Wildman–Crippen LogP) is 4.23. The molecule has 1 heterocycles. The lowest BCUT2D eigenvalue weighted by atomic mass is 10.1. The van der Waals surface area contributed by atoms with Crippen molar-refractivity contribution in [2.75, 3.05) is 5.32 Å². The first kappa shape index (κ1) is 19.1. The second-order valence-corrected chi connectivity index (χ2v) is 6.01. The summed E-state index contributed by atoms with van der Waals surface area (Å²) >= 11 is 0. The van der Waals surface area contributed by atoms with Gasteiger partial charge in [0.05, 0.1) is 17.8 Å². The number of hydrogen-bond donors (Lipinski definition) is 2. The topological polar surface area (TPSA) is 107 Å². The summed E-state index contributed by atoms with van der Waals surface area (Å²) in [6.07, 6.45) is 1.60. The molecule has 0 saturated heterocycles. The molecule has 0 aliphatic carbocycles. The lowest BCUT2D eigenvalue weighted by molar-refractivity contribution is -0.384. The molecule has 0 fully saturated rings. The average Bonchev–Trinajstić information content (AvgIpc) is 3.20. The van der Waals surface area contributed by atoms with Crippen LogP contribution in [-0.4, -0.2) is 11.0 Å². The lowest BCUT2D eigenvalue weighted by Crippen LogP contribution is -2.28. The fraction of sp³-hybridized carbons (Fsp3) is 0.150. The molecule has 3 aromatic rings. The highest BCUT2D eigenvalue weighted by molar-refractivity contribution is 5.89. The molecule has 0 aliphatic heterocycles. The molecule has 2 amide bonds. The van der Waals surface area contributed by atoms with Gasteiger partial charge in [0.15, 0.2) is 0 Å². The van der Waals surface area contributed by atoms with Gasteiger partial charge in [-0.05, 0) is 29.3 Å². The third-order valence-corrected chi connectivity index (χ3v) is 3.85. The second kappa shape index (κ2) is 9.33. The molecule has 1 aromatic heterocycles. The van der Waals surface area contributed by atoms with Crippen molar-refractivity contribution in [3.63, 3.8) is 0 Å². The molecule has 0 unspecified atom stereocenters. The predicted molar refractivity (Wildman–Crippen MR) is 103 cm³/mol. The zero-order chi connectivity index (χ0) is 19.8. The van der Waals surface area contributed by atoms with Crippen LogP contribution >= 0.6 is 0 Å². The van der Waals surface area contributed by atoms with Crippen molar-refractivity contribution in [2.45, 2.75) is 19.8 Å². The number of non-ortho nitro benzene ring substituents is 1. The zero-order valence-corrected chi connectivity index (χ0v) is 15.0. The Labute approximate surface area is 161 Å². The highest BCUT2D eigenvalue weighted by atomic mass is 16.6. The third kappa shape index (κ3) is 5.68. The fourth-order valence-electron chi connectivity index (χ4n) is 2.55. The van der Waals surface area contributed by atoms with Gasteiger partial charge in [0.25, 0.3) is 5.69 Å². The SMILES string of the molecule is O=C(NCc1cccc(COCc2ccco2)c1)Nc1cccc([N+](=O)[O-])c1. The molecule has 0 bridgehead atoms. The largest absolute Gasteiger partial charge is 0.467 e. The maximum absolute atomic E-state index is 12.0. The van der Waals surface area contributed by atoms with Crippen LogP contribution in [0.3, 0.4) is 0 Å². The molecule has 3 rings (SSSR count). The summed E-state index contributed by atoms with van der Waals surface area (Å²) < 4.78 is 10.8. The number of nitro groups is 1. The van der Waals surface area contributed by atoms with Crippen molar-refractivity contribution < 1.29 is 18.9 Å². The van der Waals surface area contributed by atoms with Gasteiger partial charge in [-0.1, -0.05) is 30.3 Å². The molecule has 8 nitrogen and oxygen atoms in total. The number of urea groups is 1. The summed E-state index contributed by atoms with van der Waals surface area (Å²) in [5.41, 5.74) is 2.16. The summed E-state index contributed by atoms with van der Waals surface area (Å²) in [6, 6.07) is 16.6. The maximum Gasteiger partial charge on any atom is 0.319 e. The van der Waals surface area contributed by atoms with Crippen molar-refractivity contribution in [2.24, 2.45) is 0 Å². The number of furan rings is 1. The van der Waals surface area contributed by atoms with Gasteiger partial charge < -0.3 is 19.8 Å². The third-order valence-electron chi connectivity index (χ3n) is 3.85. The van der Waals surface area contributed by atoms with E-state index >= 15 is 0 Å². The molecular formula is C20H19N3O5. The summed E-state index contributed by atoms with van der Waals surface area (Å²) in [5, 5.41) is 16.1. The Morgan fingerprint density at radius 2 is 1.86 bits per heavy atom. The van der Waals surface area contributed by atoms with E-state index in [2.05, 4.69) is 10.6 Å². The number of amides is 2. The highest BCUT2D eigenvalue weighted by Gasteiger charge is 2.08. The number of carbonyl (C=O) groups excluding carboxylic acids is 1. The highest BCUT2D eigenvalue weighted by Crippen LogP contribution is 2.17. The van der Waals surface area contributed by atoms with E-state index in [4.69, 9.17) is 9.15 Å². The standard InChI is InChI=1S/C20H19N3O5/c24-20(22-17-6-2-7-18(11-17)23(25)26)21-12-15-4-1-5-16(10-15)13-27-14-19-8-3-9-28-19/h1-11H,12-14H2,(H2,21,22,24). The second-order valence-electron chi connectivity index (χ2n) is 6.01. The number of carbonyl (C=O) groups is 1. The van der Waals surface area contributed by atoms with Crippen molar-refractivity contribution in [1.29, 1.82) is 0 Å². The maximum atomic E-state index is 12.0. The van der Waals surface area contributed by atoms with Gasteiger partial charge in [0.2, 0.25) is 0 Å². The molecular weight excluding hydrogens is 362 g/mol. The van der Waals surface area contributed by atoms with Crippen molar-refractivity contribution in [3.05, 3.63) is 93.9 Å². The van der Waals surface area contributed by atoms with Gasteiger partial charge in [-0.3, -0.25) is 10.1 Å². The van der Waals surface area contributed by atoms with Crippen LogP contribution in [0.2, 0.25) is 0 Å². The van der Waals surface area contributed by atoms with Gasteiger partial charge in [-0.2, -0.15) is 0 Å². The van der Waals surface area contributed by atoms with Crippen molar-refractivity contribution in [1.82, 2.24) is 5.32 Å². The van der Waals surface area contributed by atoms with E-state index in [0.717, 1.165) is 16.9 Å². The molecule has 28 heavy (non-hydrogen) atoms. The van der Waals surface area contributed by atoms with E-state index < -0.39 is 11.0 Å². The Hall–Kier alpha value is -3.65. The normalized spacial score (nSPS) is 10.4. The summed E-state index contributed by atoms with van der Waals surface area (Å²) in [7, 11) is 0. The molecule has 0 radical (unpaired) electrons. The molecule has 2 aromatic carbocycles. The fourth-order valence-corrected chi connectivity index (χ4v) is 2.55. The number of nitrogens with zero attached hydrogens (tertiary/aromatic N) is 1. The Balaban J connectivity index is 1.48. The number of ether oxygens (including phenoxy) is 1. The van der Waals surface area contributed by atoms with E-state index in [-0.39, 0.29) is 5.69 Å². The molecule has 0 aliphatic rings. The van der Waals surface area contributed by atoms with Gasteiger partial charge in [0, 0.05) is 24.4 Å². The Kier molecular flexibility index (Phi) is 6.37. The van der Waals surface area contributed by atoms with Crippen LogP contribution in [0.5, 0.6) is 0 Å². The summed E-state index contributed by atoms with van der Waals surface area (Å²) in [6.45, 7) is 1.13. The van der Waals surface area contributed by atoms with Crippen LogP contribution in [-0.2, 0) is 24.5 Å². The van der Waals surface area contributed by atoms with Gasteiger partial charge in [-0.25, -0.2) is 4.79 Å². The number of hydrogen-bond acceptors (Lipinski definition) is 5. The Bertz CT molecular complexity index is 941. The summed E-state index contributed by atoms with van der Waals surface area (Å²) in [4.78, 5) is 22.3. The Morgan fingerprint density at radius 1 is 1.04 bits per heavy atom. The molecule has 8 heteroatoms. The average molecular weight is 381 g/mol. The first-order valence-corrected chi connectivity index (χ1v) is 8.57. The number of rotatable bonds is 8. The molecule has 2 N–H and O–H groups in total. The van der Waals surface area contributed by atoms with Crippen LogP contribution < -0.4 is 10.6 Å². The zero-order valence-electron chi connectivity index (χ0n) is 15.0. The van der Waals surface area contributed by atoms with E-state index in [1.165, 1.54) is 18.2 Å². The molecule has 0 saturated carbocycles. The van der Waals surface area contributed by atoms with Crippen LogP contribution in [0, 0.1) is 10.1 Å². The van der Waals surface area contributed by atoms with Crippen molar-refractivity contribution in [3.8, 4) is 0 Å². The van der Waals surface area contributed by atoms with Crippen LogP contribution in [0.15, 0.2) is 71.3 Å². The Morgan fingerprint density at radius 3 is 2.64 bits per heavy atom. The van der Waals surface area contributed by atoms with Gasteiger partial charge in [0.1, 0.15) is 12.4 Å². The molecule has 144 valence electrons. The van der Waals surface area contributed by atoms with E-state index in [9.17, 15) is 14.9 Å². The van der Waals surface area contributed by atoms with Gasteiger partial charge in [-0.15, -0.1) is 0 Å². The van der Waals surface area contributed by atoms with E-state index in [1.807, 2.05) is 36.4 Å². The minimum absolute atomic E-state index is 0.0833. The summed E-state index contributed by atoms with van der Waals surface area (Å²) in [5.74, 6) is 0.760. The number of nitro benzene ring substituents is 1. The minimum Gasteiger partial charge on any atom is -0.467 e. The first-order valence-electron chi connectivity index (χ1n) is 8.57. The van der Waals surface area contributed by atoms with Crippen LogP contribution in [0.1, 0.15) is 16.9 Å². The van der Waals surface area contributed by atoms with Gasteiger partial charge >= 0.3 is 6.03 Å². The number of nitrogens with one attached hydrogen (secondary N) is 2. The van der Waals surface area contributed by atoms with Crippen LogP contribution in [0.4, 0.5) is 16.2 Å². The number of anilines is 1. The number of benzene rings is 2. The minimum atomic E-state index is -0.511. The first-order chi connectivity index (χ1) is 13.6. The smallest absolute Gasteiger partial charge is 0.319 e. The lowest BCUT2D eigenvalue weighted by Gasteiger charge is -2.09. The van der Waals surface area contributed by atoms with Crippen molar-refractivity contribution >= 4 is 17.4 Å².